The van der Waals surface area contributed by atoms with Gasteiger partial charge >= 0.3 is 0 Å². The van der Waals surface area contributed by atoms with Crippen LogP contribution in [0.3, 0.4) is 0 Å². The minimum Gasteiger partial charge on any atom is -0.487 e. The number of piperidine rings is 1. The number of fused-ring (bicyclic) bond motifs is 2. The molecule has 4 rings (SSSR count). The van der Waals surface area contributed by atoms with Crippen molar-refractivity contribution in [3.05, 3.63) is 23.3 Å². The zero-order chi connectivity index (χ0) is 15.8. The molecule has 0 spiro atoms. The maximum absolute atomic E-state index is 11.2. The van der Waals surface area contributed by atoms with E-state index in [2.05, 4.69) is 17.4 Å². The summed E-state index contributed by atoms with van der Waals surface area (Å²) in [6.07, 6.45) is 1.78. The van der Waals surface area contributed by atoms with E-state index in [-0.39, 0.29) is 6.10 Å². The van der Waals surface area contributed by atoms with Crippen LogP contribution in [0.1, 0.15) is 24.0 Å². The minimum absolute atomic E-state index is 0.169. The summed E-state index contributed by atoms with van der Waals surface area (Å²) in [4.78, 5) is 1.34. The topological polar surface area (TPSA) is 64.6 Å². The Kier molecular flexibility index (Phi) is 4.76. The molecule has 2 atom stereocenters. The smallest absolute Gasteiger partial charge is 0.130 e. The van der Waals surface area contributed by atoms with Gasteiger partial charge in [-0.3, -0.25) is 0 Å². The lowest BCUT2D eigenvalue weighted by molar-refractivity contribution is -0.169. The van der Waals surface area contributed by atoms with Gasteiger partial charge in [-0.05, 0) is 36.1 Å². The van der Waals surface area contributed by atoms with Crippen LogP contribution in [0.25, 0.3) is 0 Å². The second-order valence-corrected chi connectivity index (χ2v) is 8.79. The number of hydroxylamine groups is 2. The number of nitrogens with zero attached hydrogens (tertiary/aromatic N) is 1. The van der Waals surface area contributed by atoms with Crippen LogP contribution in [-0.2, 0) is 17.4 Å². The van der Waals surface area contributed by atoms with Crippen molar-refractivity contribution in [3.63, 3.8) is 0 Å². The quantitative estimate of drug-likeness (QED) is 0.808. The molecular weight excluding hydrogens is 332 g/mol. The molecule has 3 aliphatic heterocycles. The molecule has 0 amide bonds. The fraction of sp³-hybridized carbons (Fsp3) is 0.625. The Labute approximate surface area is 144 Å². The Bertz CT molecular complexity index is 546. The van der Waals surface area contributed by atoms with Gasteiger partial charge in [0.1, 0.15) is 18.0 Å². The molecular formula is C16H21N2O3S2. The SMILES string of the molecule is [O]N1CCC(NCC(O)C2Cc3cc4c(cc3O2)CSS4)CC1. The molecule has 0 bridgehead atoms. The van der Waals surface area contributed by atoms with Crippen LogP contribution in [0.15, 0.2) is 17.0 Å². The third kappa shape index (κ3) is 3.50. The molecule has 1 aromatic carbocycles. The van der Waals surface area contributed by atoms with Crippen molar-refractivity contribution in [1.82, 2.24) is 10.4 Å². The van der Waals surface area contributed by atoms with Gasteiger partial charge in [0, 0.05) is 42.7 Å². The summed E-state index contributed by atoms with van der Waals surface area (Å²) in [6, 6.07) is 4.69. The predicted octanol–water partition coefficient (Wildman–Crippen LogP) is 2.00. The van der Waals surface area contributed by atoms with Gasteiger partial charge in [-0.2, -0.15) is 5.06 Å². The number of benzene rings is 1. The van der Waals surface area contributed by atoms with Gasteiger partial charge in [0.05, 0.1) is 0 Å². The van der Waals surface area contributed by atoms with Crippen LogP contribution >= 0.6 is 21.6 Å². The molecule has 0 aliphatic carbocycles. The number of aliphatic hydroxyl groups is 1. The lowest BCUT2D eigenvalue weighted by Crippen LogP contribution is -2.46. The second-order valence-electron chi connectivity index (χ2n) is 6.45. The molecule has 23 heavy (non-hydrogen) atoms. The molecule has 3 heterocycles. The minimum atomic E-state index is -0.524. The summed E-state index contributed by atoms with van der Waals surface area (Å²) >= 11 is 0. The number of hydrogen-bond acceptors (Lipinski definition) is 6. The highest BCUT2D eigenvalue weighted by atomic mass is 33.1. The Balaban J connectivity index is 1.31. The van der Waals surface area contributed by atoms with Gasteiger partial charge in [-0.1, -0.05) is 21.6 Å². The molecule has 2 unspecified atom stereocenters. The first kappa shape index (κ1) is 16.1. The van der Waals surface area contributed by atoms with E-state index in [4.69, 9.17) is 4.74 Å². The van der Waals surface area contributed by atoms with Gasteiger partial charge in [0.15, 0.2) is 0 Å². The lowest BCUT2D eigenvalue weighted by atomic mass is 10.0. The van der Waals surface area contributed by atoms with Crippen molar-refractivity contribution >= 4 is 21.6 Å². The summed E-state index contributed by atoms with van der Waals surface area (Å²) in [5.41, 5.74) is 2.55. The van der Waals surface area contributed by atoms with E-state index in [0.717, 1.165) is 35.8 Å². The number of aliphatic hydroxyl groups excluding tert-OH is 1. The van der Waals surface area contributed by atoms with E-state index in [1.165, 1.54) is 16.0 Å². The molecule has 5 nitrogen and oxygen atoms in total. The standard InChI is InChI=1S/C16H21N2O3S2/c19-13(8-17-12-1-3-18(20)4-2-12)15-5-10-7-16-11(9-22-23-16)6-14(10)21-15/h6-7,12-13,15,17,19H,1-5,8-9H2. The number of nitrogens with one attached hydrogen (secondary N) is 1. The average Bonchev–Trinajstić information content (AvgIpc) is 3.17. The van der Waals surface area contributed by atoms with Crippen molar-refractivity contribution in [2.45, 2.75) is 48.2 Å². The summed E-state index contributed by atoms with van der Waals surface area (Å²) in [6.45, 7) is 1.69. The molecule has 125 valence electrons. The highest BCUT2D eigenvalue weighted by molar-refractivity contribution is 8.76. The number of rotatable bonds is 4. The van der Waals surface area contributed by atoms with Crippen LogP contribution in [0, 0.1) is 0 Å². The Morgan fingerprint density at radius 3 is 3.00 bits per heavy atom. The van der Waals surface area contributed by atoms with Crippen molar-refractivity contribution in [2.24, 2.45) is 0 Å². The zero-order valence-corrected chi connectivity index (χ0v) is 14.5. The molecule has 1 saturated heterocycles. The maximum atomic E-state index is 11.2. The summed E-state index contributed by atoms with van der Waals surface area (Å²) < 4.78 is 5.98. The van der Waals surface area contributed by atoms with Crippen LogP contribution in [0.2, 0.25) is 0 Å². The summed E-state index contributed by atoms with van der Waals surface area (Å²) in [5.74, 6) is 1.97. The third-order valence-corrected chi connectivity index (χ3v) is 7.16. The largest absolute Gasteiger partial charge is 0.487 e. The zero-order valence-electron chi connectivity index (χ0n) is 12.9. The Hall–Kier alpha value is -0.440. The van der Waals surface area contributed by atoms with Crippen molar-refractivity contribution < 1.29 is 15.1 Å². The number of ether oxygens (including phenoxy) is 1. The fourth-order valence-corrected chi connectivity index (χ4v) is 5.85. The van der Waals surface area contributed by atoms with Crippen LogP contribution in [0.4, 0.5) is 0 Å². The van der Waals surface area contributed by atoms with Crippen molar-refractivity contribution in [2.75, 3.05) is 19.6 Å². The second kappa shape index (κ2) is 6.82. The molecule has 7 heteroatoms. The average molecular weight is 353 g/mol. The molecule has 3 aliphatic rings. The number of hydrogen-bond donors (Lipinski definition) is 2. The van der Waals surface area contributed by atoms with Gasteiger partial charge in [-0.15, -0.1) is 5.21 Å². The normalized spacial score (nSPS) is 25.9. The van der Waals surface area contributed by atoms with Crippen molar-refractivity contribution in [1.29, 1.82) is 0 Å². The fourth-order valence-electron chi connectivity index (χ4n) is 3.38. The van der Waals surface area contributed by atoms with E-state index in [0.29, 0.717) is 25.7 Å². The van der Waals surface area contributed by atoms with E-state index in [1.807, 2.05) is 21.6 Å². The summed E-state index contributed by atoms with van der Waals surface area (Å²) in [5, 5.41) is 26.1. The first-order chi connectivity index (χ1) is 11.2. The van der Waals surface area contributed by atoms with E-state index in [9.17, 15) is 10.3 Å². The molecule has 1 fully saturated rings. The summed E-state index contributed by atoms with van der Waals surface area (Å²) in [7, 11) is 3.69. The molecule has 1 aromatic rings. The molecule has 0 saturated carbocycles. The maximum Gasteiger partial charge on any atom is 0.130 e. The highest BCUT2D eigenvalue weighted by Gasteiger charge is 2.31. The molecule has 1 radical (unpaired) electrons. The predicted molar refractivity (Wildman–Crippen MR) is 91.0 cm³/mol. The van der Waals surface area contributed by atoms with E-state index >= 15 is 0 Å². The Morgan fingerprint density at radius 1 is 1.35 bits per heavy atom. The monoisotopic (exact) mass is 353 g/mol. The molecule has 0 aromatic heterocycles. The van der Waals surface area contributed by atoms with Gasteiger partial charge in [-0.25, -0.2) is 0 Å². The highest BCUT2D eigenvalue weighted by Crippen LogP contribution is 2.47. The Morgan fingerprint density at radius 2 is 2.17 bits per heavy atom. The van der Waals surface area contributed by atoms with Gasteiger partial charge in [0.2, 0.25) is 0 Å². The van der Waals surface area contributed by atoms with Crippen molar-refractivity contribution in [3.8, 4) is 5.75 Å². The van der Waals surface area contributed by atoms with Crippen LogP contribution < -0.4 is 10.1 Å². The first-order valence-corrected chi connectivity index (χ1v) is 10.5. The first-order valence-electron chi connectivity index (χ1n) is 8.14. The lowest BCUT2D eigenvalue weighted by Gasteiger charge is -2.28. The van der Waals surface area contributed by atoms with Crippen LogP contribution in [-0.4, -0.2) is 48.1 Å². The van der Waals surface area contributed by atoms with E-state index in [1.54, 1.807) is 0 Å². The van der Waals surface area contributed by atoms with Gasteiger partial charge in [0.25, 0.3) is 0 Å². The van der Waals surface area contributed by atoms with Gasteiger partial charge < -0.3 is 15.2 Å². The van der Waals surface area contributed by atoms with Crippen LogP contribution in [0.5, 0.6) is 5.75 Å². The third-order valence-electron chi connectivity index (χ3n) is 4.80. The molecule has 2 N–H and O–H groups in total. The van der Waals surface area contributed by atoms with E-state index < -0.39 is 6.10 Å².